The molecule has 2 unspecified atom stereocenters. The Morgan fingerprint density at radius 3 is 2.70 bits per heavy atom. The molecule has 0 saturated heterocycles. The standard InChI is InChI=1S/C13H19ClN2O3S/c1-9-4-3-5-10(6-9)15-13(17)12-7-11(8-16(12)2)20(14,18)19/h7-10H,3-6H2,1-2H3,(H,15,17). The maximum Gasteiger partial charge on any atom is 0.268 e. The monoisotopic (exact) mass is 318 g/mol. The second kappa shape index (κ2) is 5.77. The van der Waals surface area contributed by atoms with Crippen LogP contribution in [0.2, 0.25) is 0 Å². The molecule has 0 radical (unpaired) electrons. The molecule has 0 aliphatic heterocycles. The van der Waals surface area contributed by atoms with Crippen molar-refractivity contribution in [3.63, 3.8) is 0 Å². The van der Waals surface area contributed by atoms with Gasteiger partial charge in [-0.25, -0.2) is 8.42 Å². The van der Waals surface area contributed by atoms with Crippen molar-refractivity contribution in [1.29, 1.82) is 0 Å². The van der Waals surface area contributed by atoms with Gasteiger partial charge in [0.25, 0.3) is 15.0 Å². The van der Waals surface area contributed by atoms with Gasteiger partial charge in [-0.05, 0) is 24.8 Å². The summed E-state index contributed by atoms with van der Waals surface area (Å²) in [5.74, 6) is 0.361. The molecule has 1 aromatic rings. The molecule has 5 nitrogen and oxygen atoms in total. The van der Waals surface area contributed by atoms with Gasteiger partial charge in [0, 0.05) is 30.0 Å². The average molecular weight is 319 g/mol. The summed E-state index contributed by atoms with van der Waals surface area (Å²) < 4.78 is 24.0. The fourth-order valence-corrected chi connectivity index (χ4v) is 3.51. The van der Waals surface area contributed by atoms with E-state index < -0.39 is 9.05 Å². The van der Waals surface area contributed by atoms with Gasteiger partial charge in [-0.2, -0.15) is 0 Å². The number of aryl methyl sites for hydroxylation is 1. The van der Waals surface area contributed by atoms with Crippen molar-refractivity contribution in [1.82, 2.24) is 9.88 Å². The van der Waals surface area contributed by atoms with E-state index in [1.807, 2.05) is 0 Å². The Labute approximate surface area is 123 Å². The van der Waals surface area contributed by atoms with Gasteiger partial charge in [-0.1, -0.05) is 19.8 Å². The van der Waals surface area contributed by atoms with E-state index in [1.165, 1.54) is 23.3 Å². The van der Waals surface area contributed by atoms with Gasteiger partial charge < -0.3 is 9.88 Å². The van der Waals surface area contributed by atoms with Crippen LogP contribution < -0.4 is 5.32 Å². The molecule has 1 aliphatic carbocycles. The Balaban J connectivity index is 2.11. The van der Waals surface area contributed by atoms with Gasteiger partial charge in [-0.15, -0.1) is 0 Å². The first kappa shape index (κ1) is 15.4. The van der Waals surface area contributed by atoms with E-state index in [0.29, 0.717) is 11.6 Å². The van der Waals surface area contributed by atoms with E-state index in [2.05, 4.69) is 12.2 Å². The normalized spacial score (nSPS) is 23.6. The van der Waals surface area contributed by atoms with Crippen LogP contribution in [0.5, 0.6) is 0 Å². The zero-order chi connectivity index (χ0) is 14.9. The van der Waals surface area contributed by atoms with Gasteiger partial charge in [0.1, 0.15) is 10.6 Å². The van der Waals surface area contributed by atoms with Crippen molar-refractivity contribution >= 4 is 25.6 Å². The van der Waals surface area contributed by atoms with Gasteiger partial charge >= 0.3 is 0 Å². The quantitative estimate of drug-likeness (QED) is 0.869. The predicted octanol–water partition coefficient (Wildman–Crippen LogP) is 2.26. The number of nitrogens with one attached hydrogen (secondary N) is 1. The van der Waals surface area contributed by atoms with E-state index in [9.17, 15) is 13.2 Å². The molecule has 2 rings (SSSR count). The molecule has 1 fully saturated rings. The lowest BCUT2D eigenvalue weighted by Crippen LogP contribution is -2.38. The predicted molar refractivity (Wildman–Crippen MR) is 77.3 cm³/mol. The Morgan fingerprint density at radius 1 is 1.45 bits per heavy atom. The molecule has 7 heteroatoms. The number of hydrogen-bond donors (Lipinski definition) is 1. The first-order valence-corrected chi connectivity index (χ1v) is 9.00. The second-order valence-electron chi connectivity index (χ2n) is 5.55. The van der Waals surface area contributed by atoms with Gasteiger partial charge in [0.15, 0.2) is 0 Å². The number of nitrogens with zero attached hydrogens (tertiary/aromatic N) is 1. The number of carbonyl (C=O) groups is 1. The maximum absolute atomic E-state index is 12.2. The lowest BCUT2D eigenvalue weighted by molar-refractivity contribution is 0.0913. The second-order valence-corrected chi connectivity index (χ2v) is 8.12. The molecule has 0 bridgehead atoms. The molecular formula is C13H19ClN2O3S. The summed E-state index contributed by atoms with van der Waals surface area (Å²) in [5.41, 5.74) is 0.308. The summed E-state index contributed by atoms with van der Waals surface area (Å²) in [4.78, 5) is 12.2. The van der Waals surface area contributed by atoms with Crippen molar-refractivity contribution in [2.24, 2.45) is 13.0 Å². The zero-order valence-corrected chi connectivity index (χ0v) is 13.2. The fraction of sp³-hybridized carbons (Fsp3) is 0.615. The summed E-state index contributed by atoms with van der Waals surface area (Å²) in [7, 11) is 3.11. The Hall–Kier alpha value is -1.01. The number of amides is 1. The maximum atomic E-state index is 12.2. The molecule has 0 spiro atoms. The Morgan fingerprint density at radius 2 is 2.15 bits per heavy atom. The van der Waals surface area contributed by atoms with Crippen LogP contribution in [-0.2, 0) is 16.1 Å². The van der Waals surface area contributed by atoms with E-state index >= 15 is 0 Å². The first-order chi connectivity index (χ1) is 9.27. The Kier molecular flexibility index (Phi) is 4.44. The molecule has 1 aromatic heterocycles. The van der Waals surface area contributed by atoms with Crippen LogP contribution in [0.25, 0.3) is 0 Å². The molecule has 1 saturated carbocycles. The van der Waals surface area contributed by atoms with E-state index in [0.717, 1.165) is 19.3 Å². The van der Waals surface area contributed by atoms with Gasteiger partial charge in [-0.3, -0.25) is 4.79 Å². The minimum Gasteiger partial charge on any atom is -0.348 e. The lowest BCUT2D eigenvalue weighted by atomic mass is 9.87. The molecule has 1 N–H and O–H groups in total. The van der Waals surface area contributed by atoms with Gasteiger partial charge in [0.2, 0.25) is 0 Å². The highest BCUT2D eigenvalue weighted by Gasteiger charge is 2.23. The third-order valence-electron chi connectivity index (χ3n) is 3.77. The number of halogens is 1. The van der Waals surface area contributed by atoms with Crippen LogP contribution in [0.15, 0.2) is 17.2 Å². The molecule has 20 heavy (non-hydrogen) atoms. The molecule has 112 valence electrons. The fourth-order valence-electron chi connectivity index (χ4n) is 2.72. The lowest BCUT2D eigenvalue weighted by Gasteiger charge is -2.27. The van der Waals surface area contributed by atoms with Gasteiger partial charge in [0.05, 0.1) is 0 Å². The van der Waals surface area contributed by atoms with Crippen molar-refractivity contribution in [3.8, 4) is 0 Å². The van der Waals surface area contributed by atoms with Crippen LogP contribution in [-0.4, -0.2) is 24.9 Å². The van der Waals surface area contributed by atoms with E-state index in [-0.39, 0.29) is 16.8 Å². The summed E-state index contributed by atoms with van der Waals surface area (Å²) in [6, 6.07) is 1.47. The van der Waals surface area contributed by atoms with Crippen molar-refractivity contribution in [2.45, 2.75) is 43.5 Å². The van der Waals surface area contributed by atoms with Crippen LogP contribution in [0, 0.1) is 5.92 Å². The molecule has 1 aliphatic rings. The average Bonchev–Trinajstić information content (AvgIpc) is 2.71. The topological polar surface area (TPSA) is 68.2 Å². The molecular weight excluding hydrogens is 300 g/mol. The first-order valence-electron chi connectivity index (χ1n) is 6.69. The molecule has 2 atom stereocenters. The third-order valence-corrected chi connectivity index (χ3v) is 5.09. The minimum absolute atomic E-state index is 0.0520. The minimum atomic E-state index is -3.81. The number of rotatable bonds is 3. The van der Waals surface area contributed by atoms with Crippen molar-refractivity contribution in [3.05, 3.63) is 18.0 Å². The smallest absolute Gasteiger partial charge is 0.268 e. The SMILES string of the molecule is CC1CCCC(NC(=O)c2cc(S(=O)(=O)Cl)cn2C)C1. The van der Waals surface area contributed by atoms with Crippen LogP contribution >= 0.6 is 10.7 Å². The molecule has 0 aromatic carbocycles. The van der Waals surface area contributed by atoms with Crippen molar-refractivity contribution in [2.75, 3.05) is 0 Å². The highest BCUT2D eigenvalue weighted by molar-refractivity contribution is 8.13. The summed E-state index contributed by atoms with van der Waals surface area (Å²) in [5, 5.41) is 2.97. The van der Waals surface area contributed by atoms with E-state index in [1.54, 1.807) is 7.05 Å². The molecule has 1 amide bonds. The number of carbonyl (C=O) groups excluding carboxylic acids is 1. The highest BCUT2D eigenvalue weighted by Crippen LogP contribution is 2.24. The van der Waals surface area contributed by atoms with Crippen molar-refractivity contribution < 1.29 is 13.2 Å². The van der Waals surface area contributed by atoms with Crippen LogP contribution in [0.1, 0.15) is 43.1 Å². The summed E-state index contributed by atoms with van der Waals surface area (Å²) >= 11 is 0. The summed E-state index contributed by atoms with van der Waals surface area (Å²) in [6.45, 7) is 2.18. The number of hydrogen-bond acceptors (Lipinski definition) is 3. The molecule has 1 heterocycles. The summed E-state index contributed by atoms with van der Waals surface area (Å²) in [6.07, 6.45) is 5.60. The van der Waals surface area contributed by atoms with Crippen LogP contribution in [0.4, 0.5) is 0 Å². The van der Waals surface area contributed by atoms with E-state index in [4.69, 9.17) is 10.7 Å². The zero-order valence-electron chi connectivity index (χ0n) is 11.6. The largest absolute Gasteiger partial charge is 0.348 e. The Bertz CT molecular complexity index is 609. The van der Waals surface area contributed by atoms with Crippen LogP contribution in [0.3, 0.4) is 0 Å². The highest BCUT2D eigenvalue weighted by atomic mass is 35.7. The number of aromatic nitrogens is 1. The third kappa shape index (κ3) is 3.55.